The molecule has 8 N–H and O–H groups in total. The van der Waals surface area contributed by atoms with Crippen LogP contribution in [0.15, 0.2) is 0 Å². The van der Waals surface area contributed by atoms with E-state index in [1.807, 2.05) is 0 Å². The van der Waals surface area contributed by atoms with Crippen molar-refractivity contribution in [1.29, 1.82) is 0 Å². The summed E-state index contributed by atoms with van der Waals surface area (Å²) in [6, 6.07) is 0. The quantitative estimate of drug-likeness (QED) is 0.339. The van der Waals surface area contributed by atoms with Gasteiger partial charge in [-0.15, -0.1) is 0 Å². The summed E-state index contributed by atoms with van der Waals surface area (Å²) in [5.41, 5.74) is 0. The zero-order valence-electron chi connectivity index (χ0n) is 4.21. The summed E-state index contributed by atoms with van der Waals surface area (Å²) in [5, 5.41) is 14.8. The Morgan fingerprint density at radius 2 is 0.889 bits per heavy atom. The number of rotatable bonds is 0. The van der Waals surface area contributed by atoms with Crippen molar-refractivity contribution in [3.8, 4) is 0 Å². The molecule has 7 nitrogen and oxygen atoms in total. The molecule has 58 valence electrons. The first-order valence-corrected chi connectivity index (χ1v) is 1.11. The van der Waals surface area contributed by atoms with Crippen LogP contribution in [0.3, 0.4) is 0 Å². The Morgan fingerprint density at radius 1 is 0.778 bits per heavy atom. The largest absolute Gasteiger partial charge is 0.473 e. The molecule has 0 rings (SSSR count). The van der Waals surface area contributed by atoms with E-state index in [2.05, 4.69) is 0 Å². The van der Waals surface area contributed by atoms with E-state index in [9.17, 15) is 0 Å². The molecule has 0 radical (unpaired) electrons. The lowest BCUT2D eigenvalue weighted by Crippen LogP contribution is -2.09. The number of carbonyl (C=O) groups is 2. The molecule has 0 aromatic rings. The molecular weight excluding hydrogens is 136 g/mol. The Kier molecular flexibility index (Phi) is 27.5. The molecule has 0 saturated heterocycles. The summed E-state index contributed by atoms with van der Waals surface area (Å²) in [5.74, 6) is -3.65. The van der Waals surface area contributed by atoms with Gasteiger partial charge in [0.25, 0.3) is 0 Å². The molecular formula is C2H8O7. The first-order valence-electron chi connectivity index (χ1n) is 1.11. The molecule has 0 aromatic heterocycles. The first kappa shape index (κ1) is 24.9. The molecule has 0 aliphatic heterocycles. The van der Waals surface area contributed by atoms with Gasteiger partial charge in [0.2, 0.25) is 0 Å². The van der Waals surface area contributed by atoms with Crippen LogP contribution in [-0.4, -0.2) is 38.6 Å². The molecule has 0 fully saturated rings. The first-order chi connectivity index (χ1) is 2.64. The van der Waals surface area contributed by atoms with Crippen molar-refractivity contribution in [1.82, 2.24) is 0 Å². The molecule has 0 heterocycles. The minimum atomic E-state index is -1.82. The maximum Gasteiger partial charge on any atom is 0.414 e. The fourth-order valence-corrected chi connectivity index (χ4v) is 0. The maximum atomic E-state index is 9.10. The van der Waals surface area contributed by atoms with E-state index in [1.165, 1.54) is 0 Å². The van der Waals surface area contributed by atoms with Gasteiger partial charge in [-0.05, 0) is 0 Å². The molecule has 0 amide bonds. The number of carboxylic acids is 2. The summed E-state index contributed by atoms with van der Waals surface area (Å²) in [7, 11) is 0. The molecule has 0 saturated carbocycles. The Labute approximate surface area is 49.5 Å². The van der Waals surface area contributed by atoms with Gasteiger partial charge in [0.15, 0.2) is 0 Å². The third kappa shape index (κ3) is 19.9. The lowest BCUT2D eigenvalue weighted by Gasteiger charge is -1.72. The maximum absolute atomic E-state index is 9.10. The predicted octanol–water partition coefficient (Wildman–Crippen LogP) is -3.32. The minimum Gasteiger partial charge on any atom is -0.473 e. The van der Waals surface area contributed by atoms with Gasteiger partial charge in [-0.25, -0.2) is 9.59 Å². The van der Waals surface area contributed by atoms with E-state index >= 15 is 0 Å². The van der Waals surface area contributed by atoms with Crippen LogP contribution in [0.4, 0.5) is 0 Å². The van der Waals surface area contributed by atoms with Crippen LogP contribution < -0.4 is 0 Å². The zero-order valence-corrected chi connectivity index (χ0v) is 4.21. The summed E-state index contributed by atoms with van der Waals surface area (Å²) >= 11 is 0. The SMILES string of the molecule is O.O.O.O=C(O)C(=O)O. The van der Waals surface area contributed by atoms with Crippen LogP contribution in [0.5, 0.6) is 0 Å². The number of hydrogen-bond acceptors (Lipinski definition) is 2. The zero-order chi connectivity index (χ0) is 5.15. The minimum absolute atomic E-state index is 0. The Balaban J connectivity index is -0.0000000417. The molecule has 9 heavy (non-hydrogen) atoms. The van der Waals surface area contributed by atoms with Crippen LogP contribution in [-0.2, 0) is 9.59 Å². The van der Waals surface area contributed by atoms with Gasteiger partial charge in [0, 0.05) is 0 Å². The van der Waals surface area contributed by atoms with Crippen molar-refractivity contribution in [2.24, 2.45) is 0 Å². The van der Waals surface area contributed by atoms with Crippen molar-refractivity contribution in [3.63, 3.8) is 0 Å². The van der Waals surface area contributed by atoms with Gasteiger partial charge < -0.3 is 26.6 Å². The third-order valence-electron chi connectivity index (χ3n) is 0.183. The number of aliphatic carboxylic acids is 2. The fourth-order valence-electron chi connectivity index (χ4n) is 0. The van der Waals surface area contributed by atoms with Crippen LogP contribution in [0, 0.1) is 0 Å². The molecule has 0 bridgehead atoms. The average molecular weight is 144 g/mol. The topological polar surface area (TPSA) is 169 Å². The standard InChI is InChI=1S/C2H2O4.3H2O/c3-1(4)2(5)6;;;/h(H,3,4)(H,5,6);3*1H2. The smallest absolute Gasteiger partial charge is 0.414 e. The fraction of sp³-hybridized carbons (Fsp3) is 0. The van der Waals surface area contributed by atoms with Gasteiger partial charge in [-0.2, -0.15) is 0 Å². The van der Waals surface area contributed by atoms with E-state index in [-0.39, 0.29) is 16.4 Å². The van der Waals surface area contributed by atoms with Crippen LogP contribution >= 0.6 is 0 Å². The van der Waals surface area contributed by atoms with Crippen molar-refractivity contribution in [3.05, 3.63) is 0 Å². The molecule has 0 aliphatic carbocycles. The van der Waals surface area contributed by atoms with Crippen molar-refractivity contribution in [2.45, 2.75) is 0 Å². The predicted molar refractivity (Wildman–Crippen MR) is 26.1 cm³/mol. The van der Waals surface area contributed by atoms with E-state index in [0.29, 0.717) is 0 Å². The molecule has 0 spiro atoms. The summed E-state index contributed by atoms with van der Waals surface area (Å²) in [6.07, 6.45) is 0. The van der Waals surface area contributed by atoms with Gasteiger partial charge in [0.1, 0.15) is 0 Å². The molecule has 0 unspecified atom stereocenters. The Hall–Kier alpha value is -1.18. The number of carboxylic acid groups (broad SMARTS) is 2. The second-order valence-corrected chi connectivity index (χ2v) is 0.610. The van der Waals surface area contributed by atoms with Gasteiger partial charge in [-0.1, -0.05) is 0 Å². The summed E-state index contributed by atoms with van der Waals surface area (Å²) in [4.78, 5) is 18.2. The Bertz CT molecular complexity index is 72.9. The van der Waals surface area contributed by atoms with Crippen molar-refractivity contribution in [2.75, 3.05) is 0 Å². The van der Waals surface area contributed by atoms with E-state index in [0.717, 1.165) is 0 Å². The molecule has 0 aliphatic rings. The molecule has 0 atom stereocenters. The highest BCUT2D eigenvalue weighted by Crippen LogP contribution is 1.56. The van der Waals surface area contributed by atoms with E-state index < -0.39 is 11.9 Å². The Morgan fingerprint density at radius 3 is 0.889 bits per heavy atom. The highest BCUT2D eigenvalue weighted by molar-refractivity contribution is 6.27. The van der Waals surface area contributed by atoms with Crippen LogP contribution in [0.1, 0.15) is 0 Å². The van der Waals surface area contributed by atoms with E-state index in [4.69, 9.17) is 19.8 Å². The van der Waals surface area contributed by atoms with Crippen LogP contribution in [0.25, 0.3) is 0 Å². The highest BCUT2D eigenvalue weighted by Gasteiger charge is 2.04. The summed E-state index contributed by atoms with van der Waals surface area (Å²) < 4.78 is 0. The average Bonchev–Trinajstić information content (AvgIpc) is 1.36. The molecule has 7 heteroatoms. The number of hydrogen-bond donors (Lipinski definition) is 2. The van der Waals surface area contributed by atoms with Gasteiger partial charge in [-0.3, -0.25) is 0 Å². The van der Waals surface area contributed by atoms with Crippen molar-refractivity contribution < 1.29 is 36.2 Å². The normalized spacial score (nSPS) is 4.89. The third-order valence-corrected chi connectivity index (χ3v) is 0.183. The van der Waals surface area contributed by atoms with Gasteiger partial charge in [0.05, 0.1) is 0 Å². The lowest BCUT2D eigenvalue weighted by atomic mass is 10.7. The van der Waals surface area contributed by atoms with Crippen molar-refractivity contribution >= 4 is 11.9 Å². The van der Waals surface area contributed by atoms with Gasteiger partial charge >= 0.3 is 11.9 Å². The van der Waals surface area contributed by atoms with E-state index in [1.54, 1.807) is 0 Å². The highest BCUT2D eigenvalue weighted by atomic mass is 16.4. The molecule has 0 aromatic carbocycles. The second kappa shape index (κ2) is 9.94. The second-order valence-electron chi connectivity index (χ2n) is 0.610. The van der Waals surface area contributed by atoms with Crippen LogP contribution in [0.2, 0.25) is 0 Å². The summed E-state index contributed by atoms with van der Waals surface area (Å²) in [6.45, 7) is 0. The lowest BCUT2D eigenvalue weighted by molar-refractivity contribution is -0.159. The monoisotopic (exact) mass is 144 g/mol.